The predicted molar refractivity (Wildman–Crippen MR) is 65.7 cm³/mol. The van der Waals surface area contributed by atoms with Crippen LogP contribution in [0.25, 0.3) is 0 Å². The van der Waals surface area contributed by atoms with Crippen LogP contribution >= 0.6 is 0 Å². The normalized spacial score (nSPS) is 23.3. The van der Waals surface area contributed by atoms with Crippen LogP contribution in [0.1, 0.15) is 18.0 Å². The van der Waals surface area contributed by atoms with Crippen molar-refractivity contribution in [2.45, 2.75) is 12.5 Å². The van der Waals surface area contributed by atoms with Gasteiger partial charge in [0.15, 0.2) is 0 Å². The zero-order chi connectivity index (χ0) is 13.3. The maximum Gasteiger partial charge on any atom is 0.306 e. The van der Waals surface area contributed by atoms with Crippen LogP contribution < -0.4 is 15.2 Å². The first kappa shape index (κ1) is 12.7. The number of benzene rings is 1. The smallest absolute Gasteiger partial charge is 0.306 e. The molecule has 1 aromatic rings. The standard InChI is InChI=1S/C13H17NO4/c1-17-7-3-4-11(18-2)10(5-7)12(14)8-6-9(8)13(15)16/h3-5,8-9,12H,6,14H2,1-2H3,(H,15,16). The molecule has 18 heavy (non-hydrogen) atoms. The fourth-order valence-corrected chi connectivity index (χ4v) is 2.23. The lowest BCUT2D eigenvalue weighted by Crippen LogP contribution is -2.16. The van der Waals surface area contributed by atoms with Gasteiger partial charge in [-0.05, 0) is 30.5 Å². The maximum atomic E-state index is 10.9. The van der Waals surface area contributed by atoms with E-state index in [1.54, 1.807) is 32.4 Å². The molecule has 0 spiro atoms. The van der Waals surface area contributed by atoms with E-state index >= 15 is 0 Å². The van der Waals surface area contributed by atoms with E-state index in [9.17, 15) is 4.79 Å². The molecule has 0 bridgehead atoms. The molecule has 0 radical (unpaired) electrons. The summed E-state index contributed by atoms with van der Waals surface area (Å²) in [5.41, 5.74) is 6.93. The van der Waals surface area contributed by atoms with Crippen LogP contribution in [0.4, 0.5) is 0 Å². The molecule has 5 nitrogen and oxygen atoms in total. The highest BCUT2D eigenvalue weighted by Crippen LogP contribution is 2.48. The fourth-order valence-electron chi connectivity index (χ4n) is 2.23. The molecule has 1 aliphatic carbocycles. The zero-order valence-electron chi connectivity index (χ0n) is 10.4. The molecular weight excluding hydrogens is 234 g/mol. The number of methoxy groups -OCH3 is 2. The largest absolute Gasteiger partial charge is 0.497 e. The van der Waals surface area contributed by atoms with Crippen molar-refractivity contribution < 1.29 is 19.4 Å². The second-order valence-electron chi connectivity index (χ2n) is 4.48. The van der Waals surface area contributed by atoms with E-state index in [1.165, 1.54) is 0 Å². The molecule has 1 aliphatic rings. The summed E-state index contributed by atoms with van der Waals surface area (Å²) < 4.78 is 10.4. The van der Waals surface area contributed by atoms with Crippen molar-refractivity contribution in [1.29, 1.82) is 0 Å². The molecule has 0 amide bonds. The number of hydrogen-bond donors (Lipinski definition) is 2. The molecular formula is C13H17NO4. The summed E-state index contributed by atoms with van der Waals surface area (Å²) in [4.78, 5) is 10.9. The van der Waals surface area contributed by atoms with Crippen molar-refractivity contribution in [2.75, 3.05) is 14.2 Å². The molecule has 0 aromatic heterocycles. The van der Waals surface area contributed by atoms with E-state index in [0.717, 1.165) is 5.56 Å². The SMILES string of the molecule is COc1ccc(OC)c(C(N)C2CC2C(=O)O)c1. The van der Waals surface area contributed by atoms with Gasteiger partial charge in [0.2, 0.25) is 0 Å². The number of carboxylic acid groups (broad SMARTS) is 1. The van der Waals surface area contributed by atoms with Gasteiger partial charge in [-0.3, -0.25) is 4.79 Å². The highest BCUT2D eigenvalue weighted by molar-refractivity contribution is 5.73. The summed E-state index contributed by atoms with van der Waals surface area (Å²) in [6.07, 6.45) is 0.622. The second-order valence-corrected chi connectivity index (χ2v) is 4.48. The van der Waals surface area contributed by atoms with Crippen LogP contribution in [-0.2, 0) is 4.79 Å². The topological polar surface area (TPSA) is 81.8 Å². The summed E-state index contributed by atoms with van der Waals surface area (Å²) in [7, 11) is 3.15. The van der Waals surface area contributed by atoms with Crippen molar-refractivity contribution in [3.05, 3.63) is 23.8 Å². The monoisotopic (exact) mass is 251 g/mol. The Bertz CT molecular complexity index is 460. The van der Waals surface area contributed by atoms with Gasteiger partial charge in [0.25, 0.3) is 0 Å². The van der Waals surface area contributed by atoms with Crippen molar-refractivity contribution in [3.8, 4) is 11.5 Å². The molecule has 3 unspecified atom stereocenters. The Hall–Kier alpha value is -1.75. The minimum atomic E-state index is -0.780. The number of aliphatic carboxylic acids is 1. The van der Waals surface area contributed by atoms with Crippen LogP contribution in [0, 0.1) is 11.8 Å². The zero-order valence-corrected chi connectivity index (χ0v) is 10.4. The molecule has 98 valence electrons. The molecule has 3 atom stereocenters. The van der Waals surface area contributed by atoms with Crippen molar-refractivity contribution in [2.24, 2.45) is 17.6 Å². The average molecular weight is 251 g/mol. The molecule has 1 aromatic carbocycles. The third-order valence-electron chi connectivity index (χ3n) is 3.41. The van der Waals surface area contributed by atoms with Gasteiger partial charge >= 0.3 is 5.97 Å². The summed E-state index contributed by atoms with van der Waals surface area (Å²) >= 11 is 0. The van der Waals surface area contributed by atoms with Crippen molar-refractivity contribution in [1.82, 2.24) is 0 Å². The maximum absolute atomic E-state index is 10.9. The van der Waals surface area contributed by atoms with Gasteiger partial charge in [-0.2, -0.15) is 0 Å². The predicted octanol–water partition coefficient (Wildman–Crippen LogP) is 1.42. The van der Waals surface area contributed by atoms with Gasteiger partial charge < -0.3 is 20.3 Å². The lowest BCUT2D eigenvalue weighted by Gasteiger charge is -2.16. The van der Waals surface area contributed by atoms with Gasteiger partial charge in [0, 0.05) is 11.6 Å². The van der Waals surface area contributed by atoms with Gasteiger partial charge in [-0.15, -0.1) is 0 Å². The summed E-state index contributed by atoms with van der Waals surface area (Å²) in [6, 6.07) is 5.04. The van der Waals surface area contributed by atoms with E-state index in [0.29, 0.717) is 17.9 Å². The van der Waals surface area contributed by atoms with E-state index < -0.39 is 5.97 Å². The lowest BCUT2D eigenvalue weighted by molar-refractivity contribution is -0.138. The van der Waals surface area contributed by atoms with E-state index in [4.69, 9.17) is 20.3 Å². The molecule has 0 saturated heterocycles. The van der Waals surface area contributed by atoms with E-state index in [1.807, 2.05) is 0 Å². The van der Waals surface area contributed by atoms with E-state index in [-0.39, 0.29) is 17.9 Å². The van der Waals surface area contributed by atoms with Crippen molar-refractivity contribution >= 4 is 5.97 Å². The van der Waals surface area contributed by atoms with Crippen LogP contribution in [0.15, 0.2) is 18.2 Å². The molecule has 2 rings (SSSR count). The first-order valence-electron chi connectivity index (χ1n) is 5.78. The van der Waals surface area contributed by atoms with Crippen molar-refractivity contribution in [3.63, 3.8) is 0 Å². The third-order valence-corrected chi connectivity index (χ3v) is 3.41. The highest BCUT2D eigenvalue weighted by atomic mass is 16.5. The molecule has 1 saturated carbocycles. The molecule has 5 heteroatoms. The third kappa shape index (κ3) is 2.26. The number of ether oxygens (including phenoxy) is 2. The quantitative estimate of drug-likeness (QED) is 0.827. The first-order chi connectivity index (χ1) is 8.58. The summed E-state index contributed by atoms with van der Waals surface area (Å²) in [6.45, 7) is 0. The lowest BCUT2D eigenvalue weighted by atomic mass is 10.0. The Labute approximate surface area is 106 Å². The van der Waals surface area contributed by atoms with Crippen LogP contribution in [0.2, 0.25) is 0 Å². The van der Waals surface area contributed by atoms with E-state index in [2.05, 4.69) is 0 Å². The number of nitrogens with two attached hydrogens (primary N) is 1. The Morgan fingerprint density at radius 1 is 1.44 bits per heavy atom. The number of rotatable bonds is 5. The number of hydrogen-bond acceptors (Lipinski definition) is 4. The van der Waals surface area contributed by atoms with Gasteiger partial charge in [0.1, 0.15) is 11.5 Å². The number of carboxylic acids is 1. The second kappa shape index (κ2) is 4.86. The van der Waals surface area contributed by atoms with Crippen LogP contribution in [0.3, 0.4) is 0 Å². The fraction of sp³-hybridized carbons (Fsp3) is 0.462. The molecule has 3 N–H and O–H groups in total. The average Bonchev–Trinajstić information content (AvgIpc) is 3.17. The van der Waals surface area contributed by atoms with Gasteiger partial charge in [-0.25, -0.2) is 0 Å². The molecule has 1 fully saturated rings. The minimum Gasteiger partial charge on any atom is -0.497 e. The summed E-state index contributed by atoms with van der Waals surface area (Å²) in [5, 5.41) is 8.94. The molecule has 0 heterocycles. The first-order valence-corrected chi connectivity index (χ1v) is 5.78. The Morgan fingerprint density at radius 2 is 2.17 bits per heavy atom. The minimum absolute atomic E-state index is 0.0245. The number of carbonyl (C=O) groups is 1. The molecule has 0 aliphatic heterocycles. The Morgan fingerprint density at radius 3 is 2.67 bits per heavy atom. The Kier molecular flexibility index (Phi) is 3.43. The highest BCUT2D eigenvalue weighted by Gasteiger charge is 2.47. The van der Waals surface area contributed by atoms with Gasteiger partial charge in [-0.1, -0.05) is 0 Å². The van der Waals surface area contributed by atoms with Crippen LogP contribution in [0.5, 0.6) is 11.5 Å². The summed E-state index contributed by atoms with van der Waals surface area (Å²) in [5.74, 6) is 0.213. The Balaban J connectivity index is 2.23. The van der Waals surface area contributed by atoms with Gasteiger partial charge in [0.05, 0.1) is 20.1 Å². The van der Waals surface area contributed by atoms with Crippen LogP contribution in [-0.4, -0.2) is 25.3 Å².